The molecule has 0 aliphatic heterocycles. The maximum Gasteiger partial charge on any atom is 0.333 e. The van der Waals surface area contributed by atoms with E-state index in [1.807, 2.05) is 37.3 Å². The molecule has 0 saturated heterocycles. The molecule has 0 aliphatic carbocycles. The summed E-state index contributed by atoms with van der Waals surface area (Å²) in [6.45, 7) is 7.37. The zero-order chi connectivity index (χ0) is 13.5. The van der Waals surface area contributed by atoms with E-state index in [0.717, 1.165) is 5.56 Å². The van der Waals surface area contributed by atoms with Gasteiger partial charge in [0.1, 0.15) is 0 Å². The van der Waals surface area contributed by atoms with Crippen molar-refractivity contribution in [1.29, 1.82) is 0 Å². The second-order valence-electron chi connectivity index (χ2n) is 4.18. The number of carboxylic acids is 1. The Labute approximate surface area is 108 Å². The Hall–Kier alpha value is -2.03. The molecule has 0 radical (unpaired) electrons. The van der Waals surface area contributed by atoms with Gasteiger partial charge in [-0.05, 0) is 25.8 Å². The summed E-state index contributed by atoms with van der Waals surface area (Å²) >= 11 is 0. The third kappa shape index (κ3) is 3.77. The van der Waals surface area contributed by atoms with Gasteiger partial charge in [-0.25, -0.2) is 4.79 Å². The third-order valence-corrected chi connectivity index (χ3v) is 2.79. The maximum atomic E-state index is 11.1. The molecule has 0 spiro atoms. The topological polar surface area (TPSA) is 49.3 Å². The van der Waals surface area contributed by atoms with Crippen LogP contribution in [0.1, 0.15) is 31.9 Å². The highest BCUT2D eigenvalue weighted by Gasteiger charge is 2.12. The lowest BCUT2D eigenvalue weighted by Gasteiger charge is -2.17. The van der Waals surface area contributed by atoms with E-state index in [1.54, 1.807) is 13.0 Å². The molecule has 1 atom stereocenters. The van der Waals surface area contributed by atoms with Gasteiger partial charge in [-0.15, -0.1) is 6.58 Å². The molecule has 0 bridgehead atoms. The van der Waals surface area contributed by atoms with Crippen LogP contribution in [-0.4, -0.2) is 11.1 Å². The summed E-state index contributed by atoms with van der Waals surface area (Å²) in [5.74, 6) is -0.903. The van der Waals surface area contributed by atoms with E-state index in [0.29, 0.717) is 17.7 Å². The van der Waals surface area contributed by atoms with Gasteiger partial charge in [-0.2, -0.15) is 0 Å². The third-order valence-electron chi connectivity index (χ3n) is 2.79. The van der Waals surface area contributed by atoms with Crippen molar-refractivity contribution in [3.05, 3.63) is 59.8 Å². The van der Waals surface area contributed by atoms with Crippen LogP contribution < -0.4 is 5.32 Å². The van der Waals surface area contributed by atoms with Gasteiger partial charge in [0.05, 0.1) is 5.57 Å². The highest BCUT2D eigenvalue weighted by Crippen LogP contribution is 2.15. The minimum absolute atomic E-state index is 0.0744. The van der Waals surface area contributed by atoms with E-state index in [1.165, 1.54) is 0 Å². The molecule has 0 unspecified atom stereocenters. The standard InChI is InChI=1S/C15H19NO2/c1-4-8-14(15(17)18)12(3)16-11(2)13-9-6-5-7-10-13/h4-7,9-11,16H,1,8H2,2-3H3,(H,17,18)/t11-/m0/s1. The number of carboxylic acid groups (broad SMARTS) is 1. The number of hydrogen-bond donors (Lipinski definition) is 2. The maximum absolute atomic E-state index is 11.1. The second-order valence-corrected chi connectivity index (χ2v) is 4.18. The Morgan fingerprint density at radius 2 is 2.06 bits per heavy atom. The summed E-state index contributed by atoms with van der Waals surface area (Å²) in [6.07, 6.45) is 1.96. The number of hydrogen-bond acceptors (Lipinski definition) is 2. The highest BCUT2D eigenvalue weighted by atomic mass is 16.4. The largest absolute Gasteiger partial charge is 0.478 e. The van der Waals surface area contributed by atoms with Crippen molar-refractivity contribution in [3.63, 3.8) is 0 Å². The fourth-order valence-electron chi connectivity index (χ4n) is 1.78. The van der Waals surface area contributed by atoms with E-state index < -0.39 is 5.97 Å². The summed E-state index contributed by atoms with van der Waals surface area (Å²) in [5.41, 5.74) is 2.16. The smallest absolute Gasteiger partial charge is 0.333 e. The number of rotatable bonds is 6. The van der Waals surface area contributed by atoms with E-state index in [2.05, 4.69) is 11.9 Å². The Bertz CT molecular complexity index is 449. The quantitative estimate of drug-likeness (QED) is 0.597. The van der Waals surface area contributed by atoms with Crippen molar-refractivity contribution in [2.45, 2.75) is 26.3 Å². The predicted molar refractivity (Wildman–Crippen MR) is 73.1 cm³/mol. The Morgan fingerprint density at radius 3 is 2.56 bits per heavy atom. The molecule has 1 aromatic carbocycles. The monoisotopic (exact) mass is 245 g/mol. The highest BCUT2D eigenvalue weighted by molar-refractivity contribution is 5.87. The molecule has 0 saturated carbocycles. The SMILES string of the molecule is C=CCC(C(=O)O)=C(C)N[C@@H](C)c1ccccc1. The molecule has 2 N–H and O–H groups in total. The van der Waals surface area contributed by atoms with Crippen LogP contribution in [0.5, 0.6) is 0 Å². The van der Waals surface area contributed by atoms with Crippen molar-refractivity contribution >= 4 is 5.97 Å². The fourth-order valence-corrected chi connectivity index (χ4v) is 1.78. The van der Waals surface area contributed by atoms with E-state index in [4.69, 9.17) is 5.11 Å². The van der Waals surface area contributed by atoms with Gasteiger partial charge in [-0.1, -0.05) is 36.4 Å². The lowest BCUT2D eigenvalue weighted by Crippen LogP contribution is -2.20. The zero-order valence-electron chi connectivity index (χ0n) is 10.8. The first-order valence-electron chi connectivity index (χ1n) is 5.91. The molecule has 0 aromatic heterocycles. The van der Waals surface area contributed by atoms with Crippen LogP contribution in [-0.2, 0) is 4.79 Å². The van der Waals surface area contributed by atoms with Gasteiger partial charge < -0.3 is 10.4 Å². The average Bonchev–Trinajstić information content (AvgIpc) is 2.36. The molecule has 96 valence electrons. The number of carbonyl (C=O) groups is 1. The van der Waals surface area contributed by atoms with E-state index in [9.17, 15) is 4.79 Å². The van der Waals surface area contributed by atoms with Gasteiger partial charge in [0.25, 0.3) is 0 Å². The summed E-state index contributed by atoms with van der Waals surface area (Å²) in [4.78, 5) is 11.1. The molecule has 18 heavy (non-hydrogen) atoms. The molecule has 0 aliphatic rings. The van der Waals surface area contributed by atoms with Crippen molar-refractivity contribution in [2.75, 3.05) is 0 Å². The minimum atomic E-state index is -0.903. The molecular weight excluding hydrogens is 226 g/mol. The number of aliphatic carboxylic acids is 1. The Kier molecular flexibility index (Phi) is 5.18. The van der Waals surface area contributed by atoms with E-state index >= 15 is 0 Å². The zero-order valence-corrected chi connectivity index (χ0v) is 10.8. The fraction of sp³-hybridized carbons (Fsp3) is 0.267. The van der Waals surface area contributed by atoms with E-state index in [-0.39, 0.29) is 6.04 Å². The van der Waals surface area contributed by atoms with Gasteiger partial charge in [0.2, 0.25) is 0 Å². The van der Waals surface area contributed by atoms with Gasteiger partial charge in [0.15, 0.2) is 0 Å². The predicted octanol–water partition coefficient (Wildman–Crippen LogP) is 3.27. The Balaban J connectivity index is 2.85. The molecule has 0 amide bonds. The first-order chi connectivity index (χ1) is 8.56. The number of benzene rings is 1. The minimum Gasteiger partial charge on any atom is -0.478 e. The molecular formula is C15H19NO2. The first-order valence-corrected chi connectivity index (χ1v) is 5.91. The molecule has 0 fully saturated rings. The van der Waals surface area contributed by atoms with Crippen LogP contribution in [0.25, 0.3) is 0 Å². The average molecular weight is 245 g/mol. The number of nitrogens with one attached hydrogen (secondary N) is 1. The van der Waals surface area contributed by atoms with Gasteiger partial charge in [-0.3, -0.25) is 0 Å². The molecule has 3 heteroatoms. The lowest BCUT2D eigenvalue weighted by molar-refractivity contribution is -0.132. The van der Waals surface area contributed by atoms with Crippen molar-refractivity contribution in [2.24, 2.45) is 0 Å². The summed E-state index contributed by atoms with van der Waals surface area (Å²) in [7, 11) is 0. The molecule has 3 nitrogen and oxygen atoms in total. The molecule has 0 heterocycles. The van der Waals surface area contributed by atoms with Crippen molar-refractivity contribution in [3.8, 4) is 0 Å². The van der Waals surface area contributed by atoms with Crippen LogP contribution >= 0.6 is 0 Å². The van der Waals surface area contributed by atoms with Crippen LogP contribution in [0.15, 0.2) is 54.3 Å². The normalized spacial score (nSPS) is 13.4. The number of allylic oxidation sites excluding steroid dienone is 2. The second kappa shape index (κ2) is 6.64. The van der Waals surface area contributed by atoms with Crippen LogP contribution in [0.4, 0.5) is 0 Å². The van der Waals surface area contributed by atoms with Crippen LogP contribution in [0.2, 0.25) is 0 Å². The summed E-state index contributed by atoms with van der Waals surface area (Å²) < 4.78 is 0. The molecule has 1 aromatic rings. The first kappa shape index (κ1) is 14.0. The lowest BCUT2D eigenvalue weighted by atomic mass is 10.1. The molecule has 1 rings (SSSR count). The van der Waals surface area contributed by atoms with Gasteiger partial charge >= 0.3 is 5.97 Å². The summed E-state index contributed by atoms with van der Waals surface area (Å²) in [5, 5.41) is 12.3. The summed E-state index contributed by atoms with van der Waals surface area (Å²) in [6, 6.07) is 9.99. The van der Waals surface area contributed by atoms with Crippen molar-refractivity contribution < 1.29 is 9.90 Å². The van der Waals surface area contributed by atoms with Crippen LogP contribution in [0, 0.1) is 0 Å². The Morgan fingerprint density at radius 1 is 1.44 bits per heavy atom. The van der Waals surface area contributed by atoms with Crippen LogP contribution in [0.3, 0.4) is 0 Å². The van der Waals surface area contributed by atoms with Crippen molar-refractivity contribution in [1.82, 2.24) is 5.32 Å². The van der Waals surface area contributed by atoms with Gasteiger partial charge in [0, 0.05) is 11.7 Å².